The van der Waals surface area contributed by atoms with E-state index < -0.39 is 10.8 Å². The molecule has 3 N–H and O–H groups in total. The third-order valence-corrected chi connectivity index (χ3v) is 3.22. The third-order valence-electron chi connectivity index (χ3n) is 2.36. The first-order chi connectivity index (χ1) is 7.09. The molecule has 5 heteroatoms. The Balaban J connectivity index is 2.14. The van der Waals surface area contributed by atoms with Gasteiger partial charge in [-0.2, -0.15) is 0 Å². The van der Waals surface area contributed by atoms with Gasteiger partial charge in [0.15, 0.2) is 0 Å². The standard InChI is InChI=1S/C10H18N2O2S/c1-15(14)6-2-5-12-10(13)8-3-4-9(11)7-8/h3-4,8-9H,2,5-7,11H2,1H3,(H,12,13). The van der Waals surface area contributed by atoms with Gasteiger partial charge in [-0.25, -0.2) is 0 Å². The average Bonchev–Trinajstić information content (AvgIpc) is 2.59. The maximum atomic E-state index is 11.5. The Morgan fingerprint density at radius 3 is 2.87 bits per heavy atom. The molecule has 15 heavy (non-hydrogen) atoms. The molecule has 1 rings (SSSR count). The lowest BCUT2D eigenvalue weighted by molar-refractivity contribution is -0.123. The van der Waals surface area contributed by atoms with Crippen LogP contribution in [0.4, 0.5) is 0 Å². The lowest BCUT2D eigenvalue weighted by Gasteiger charge is -2.09. The molecule has 1 aliphatic rings. The molecule has 0 radical (unpaired) electrons. The normalized spacial score (nSPS) is 26.5. The topological polar surface area (TPSA) is 72.2 Å². The average molecular weight is 230 g/mol. The minimum Gasteiger partial charge on any atom is -0.356 e. The summed E-state index contributed by atoms with van der Waals surface area (Å²) in [6, 6.07) is 0.0175. The summed E-state index contributed by atoms with van der Waals surface area (Å²) in [5.74, 6) is 0.591. The zero-order chi connectivity index (χ0) is 11.3. The van der Waals surface area contributed by atoms with Gasteiger partial charge in [-0.1, -0.05) is 12.2 Å². The molecule has 0 aromatic carbocycles. The molecule has 0 aliphatic heterocycles. The van der Waals surface area contributed by atoms with Crippen LogP contribution in [0.2, 0.25) is 0 Å². The molecule has 3 atom stereocenters. The van der Waals surface area contributed by atoms with Gasteiger partial charge < -0.3 is 11.1 Å². The maximum absolute atomic E-state index is 11.5. The highest BCUT2D eigenvalue weighted by atomic mass is 32.2. The van der Waals surface area contributed by atoms with E-state index >= 15 is 0 Å². The quantitative estimate of drug-likeness (QED) is 0.506. The van der Waals surface area contributed by atoms with Crippen molar-refractivity contribution in [2.24, 2.45) is 11.7 Å². The van der Waals surface area contributed by atoms with Gasteiger partial charge in [-0.15, -0.1) is 0 Å². The Kier molecular flexibility index (Phi) is 4.98. The Bertz CT molecular complexity index is 279. The van der Waals surface area contributed by atoms with Crippen LogP contribution < -0.4 is 11.1 Å². The summed E-state index contributed by atoms with van der Waals surface area (Å²) >= 11 is 0. The highest BCUT2D eigenvalue weighted by molar-refractivity contribution is 7.84. The fourth-order valence-corrected chi connectivity index (χ4v) is 2.09. The van der Waals surface area contributed by atoms with E-state index in [0.717, 1.165) is 6.42 Å². The predicted molar refractivity (Wildman–Crippen MR) is 61.8 cm³/mol. The second-order valence-electron chi connectivity index (χ2n) is 3.81. The number of hydrogen-bond donors (Lipinski definition) is 2. The Hall–Kier alpha value is -0.680. The summed E-state index contributed by atoms with van der Waals surface area (Å²) in [4.78, 5) is 11.5. The van der Waals surface area contributed by atoms with Crippen LogP contribution in [0.5, 0.6) is 0 Å². The van der Waals surface area contributed by atoms with Gasteiger partial charge in [-0.05, 0) is 12.8 Å². The van der Waals surface area contributed by atoms with Crippen molar-refractivity contribution in [1.29, 1.82) is 0 Å². The zero-order valence-electron chi connectivity index (χ0n) is 8.94. The van der Waals surface area contributed by atoms with E-state index in [9.17, 15) is 9.00 Å². The molecular weight excluding hydrogens is 212 g/mol. The van der Waals surface area contributed by atoms with Gasteiger partial charge in [0.25, 0.3) is 0 Å². The van der Waals surface area contributed by atoms with Crippen molar-refractivity contribution in [3.05, 3.63) is 12.2 Å². The lowest BCUT2D eigenvalue weighted by atomic mass is 10.1. The van der Waals surface area contributed by atoms with Crippen molar-refractivity contribution in [1.82, 2.24) is 5.32 Å². The van der Waals surface area contributed by atoms with E-state index in [1.54, 1.807) is 6.26 Å². The van der Waals surface area contributed by atoms with E-state index in [4.69, 9.17) is 5.73 Å². The molecule has 1 amide bonds. The van der Waals surface area contributed by atoms with Crippen LogP contribution in [0, 0.1) is 5.92 Å². The largest absolute Gasteiger partial charge is 0.356 e. The molecule has 0 saturated carbocycles. The molecule has 4 nitrogen and oxygen atoms in total. The van der Waals surface area contributed by atoms with E-state index in [-0.39, 0.29) is 17.9 Å². The van der Waals surface area contributed by atoms with Gasteiger partial charge in [0.2, 0.25) is 5.91 Å². The van der Waals surface area contributed by atoms with Crippen LogP contribution in [-0.2, 0) is 15.6 Å². The summed E-state index contributed by atoms with van der Waals surface area (Å²) in [6.07, 6.45) is 6.85. The molecule has 0 bridgehead atoms. The lowest BCUT2D eigenvalue weighted by Crippen LogP contribution is -2.31. The highest BCUT2D eigenvalue weighted by Gasteiger charge is 2.21. The van der Waals surface area contributed by atoms with Crippen LogP contribution in [-0.4, -0.2) is 34.7 Å². The molecule has 0 heterocycles. The van der Waals surface area contributed by atoms with Crippen LogP contribution >= 0.6 is 0 Å². The fraction of sp³-hybridized carbons (Fsp3) is 0.700. The minimum atomic E-state index is -0.773. The van der Waals surface area contributed by atoms with Crippen molar-refractivity contribution in [2.75, 3.05) is 18.6 Å². The van der Waals surface area contributed by atoms with E-state index in [0.29, 0.717) is 18.7 Å². The summed E-state index contributed by atoms with van der Waals surface area (Å²) in [5, 5.41) is 2.82. The van der Waals surface area contributed by atoms with Gasteiger partial charge in [-0.3, -0.25) is 9.00 Å². The number of nitrogens with two attached hydrogens (primary N) is 1. The monoisotopic (exact) mass is 230 g/mol. The molecule has 0 aromatic heterocycles. The van der Waals surface area contributed by atoms with Crippen LogP contribution in [0.25, 0.3) is 0 Å². The number of carbonyl (C=O) groups is 1. The van der Waals surface area contributed by atoms with Gasteiger partial charge in [0, 0.05) is 35.4 Å². The molecule has 0 spiro atoms. The molecular formula is C10H18N2O2S. The van der Waals surface area contributed by atoms with Gasteiger partial charge >= 0.3 is 0 Å². The molecule has 0 fully saturated rings. The molecule has 0 saturated heterocycles. The first kappa shape index (κ1) is 12.4. The Morgan fingerprint density at radius 1 is 1.60 bits per heavy atom. The zero-order valence-corrected chi connectivity index (χ0v) is 9.76. The van der Waals surface area contributed by atoms with Crippen molar-refractivity contribution < 1.29 is 9.00 Å². The number of rotatable bonds is 5. The number of nitrogens with one attached hydrogen (secondary N) is 1. The first-order valence-corrected chi connectivity index (χ1v) is 6.84. The minimum absolute atomic E-state index is 0.0175. The highest BCUT2D eigenvalue weighted by Crippen LogP contribution is 2.15. The maximum Gasteiger partial charge on any atom is 0.226 e. The van der Waals surface area contributed by atoms with Crippen molar-refractivity contribution >= 4 is 16.7 Å². The number of carbonyl (C=O) groups excluding carboxylic acids is 1. The van der Waals surface area contributed by atoms with E-state index in [1.807, 2.05) is 12.2 Å². The number of hydrogen-bond acceptors (Lipinski definition) is 3. The fourth-order valence-electron chi connectivity index (χ4n) is 1.54. The van der Waals surface area contributed by atoms with Gasteiger partial charge in [0.1, 0.15) is 0 Å². The molecule has 1 aliphatic carbocycles. The van der Waals surface area contributed by atoms with Crippen molar-refractivity contribution in [2.45, 2.75) is 18.9 Å². The van der Waals surface area contributed by atoms with Gasteiger partial charge in [0.05, 0.1) is 5.92 Å². The van der Waals surface area contributed by atoms with Crippen LogP contribution in [0.3, 0.4) is 0 Å². The van der Waals surface area contributed by atoms with Crippen molar-refractivity contribution in [3.8, 4) is 0 Å². The molecule has 3 unspecified atom stereocenters. The SMILES string of the molecule is CS(=O)CCCNC(=O)C1C=CC(N)C1. The molecule has 0 aromatic rings. The smallest absolute Gasteiger partial charge is 0.226 e. The van der Waals surface area contributed by atoms with Crippen LogP contribution in [0.15, 0.2) is 12.2 Å². The number of amides is 1. The summed E-state index contributed by atoms with van der Waals surface area (Å²) in [6.45, 7) is 0.595. The Labute approximate surface area is 92.8 Å². The summed E-state index contributed by atoms with van der Waals surface area (Å²) in [5.41, 5.74) is 5.65. The predicted octanol–water partition coefficient (Wildman–Crippen LogP) is -0.225. The van der Waals surface area contributed by atoms with E-state index in [2.05, 4.69) is 5.32 Å². The first-order valence-electron chi connectivity index (χ1n) is 5.11. The molecule has 86 valence electrons. The second-order valence-corrected chi connectivity index (χ2v) is 5.37. The Morgan fingerprint density at radius 2 is 2.33 bits per heavy atom. The third kappa shape index (κ3) is 4.57. The summed E-state index contributed by atoms with van der Waals surface area (Å²) < 4.78 is 10.8. The van der Waals surface area contributed by atoms with E-state index in [1.165, 1.54) is 0 Å². The van der Waals surface area contributed by atoms with Crippen molar-refractivity contribution in [3.63, 3.8) is 0 Å². The van der Waals surface area contributed by atoms with Crippen LogP contribution in [0.1, 0.15) is 12.8 Å². The second kappa shape index (κ2) is 6.02. The summed E-state index contributed by atoms with van der Waals surface area (Å²) in [7, 11) is -0.773.